The fourth-order valence-corrected chi connectivity index (χ4v) is 6.29. The van der Waals surface area contributed by atoms with Crippen LogP contribution in [0.15, 0.2) is 18.5 Å². The van der Waals surface area contributed by atoms with Gasteiger partial charge in [-0.05, 0) is 79.9 Å². The molecular formula is C22H29N5O3S. The molecule has 3 aliphatic rings. The number of nitrogens with zero attached hydrogens (tertiary/aromatic N) is 4. The average molecular weight is 444 g/mol. The van der Waals surface area contributed by atoms with Gasteiger partial charge in [-0.25, -0.2) is 9.03 Å². The summed E-state index contributed by atoms with van der Waals surface area (Å²) in [4.78, 5) is 15.1. The van der Waals surface area contributed by atoms with Gasteiger partial charge < -0.3 is 4.90 Å². The summed E-state index contributed by atoms with van der Waals surface area (Å²) in [5.74, 6) is -0.469. The van der Waals surface area contributed by atoms with E-state index in [0.29, 0.717) is 12.2 Å². The number of anilines is 1. The van der Waals surface area contributed by atoms with Crippen LogP contribution in [0, 0.1) is 0 Å². The maximum absolute atomic E-state index is 13.3. The first-order valence-corrected chi connectivity index (χ1v) is 12.4. The Morgan fingerprint density at radius 1 is 1.19 bits per heavy atom. The van der Waals surface area contributed by atoms with Crippen LogP contribution >= 0.6 is 0 Å². The Hall–Kier alpha value is -2.39. The van der Waals surface area contributed by atoms with E-state index in [1.54, 1.807) is 17.9 Å². The molecule has 1 aliphatic heterocycles. The van der Waals surface area contributed by atoms with Crippen molar-refractivity contribution in [2.45, 2.75) is 51.0 Å². The summed E-state index contributed by atoms with van der Waals surface area (Å²) in [7, 11) is -0.290. The fraction of sp³-hybridized carbons (Fsp3) is 0.545. The molecular weight excluding hydrogens is 414 g/mol. The first-order chi connectivity index (χ1) is 14.8. The van der Waals surface area contributed by atoms with E-state index in [4.69, 9.17) is 0 Å². The van der Waals surface area contributed by atoms with Gasteiger partial charge in [-0.1, -0.05) is 6.07 Å². The number of aromatic nitrogens is 2. The molecule has 1 saturated heterocycles. The fourth-order valence-electron chi connectivity index (χ4n) is 5.08. The summed E-state index contributed by atoms with van der Waals surface area (Å²) in [6, 6.07) is 2.37. The molecule has 0 spiro atoms. The number of nitrogens with one attached hydrogen (secondary N) is 1. The lowest BCUT2D eigenvalue weighted by molar-refractivity contribution is -0.118. The third-order valence-electron chi connectivity index (χ3n) is 7.04. The highest BCUT2D eigenvalue weighted by molar-refractivity contribution is 7.91. The van der Waals surface area contributed by atoms with Gasteiger partial charge in [-0.2, -0.15) is 13.5 Å². The number of benzene rings is 1. The SMILES string of the molecule is CN1CCC[C@H]1CN(c1cnn(C)c1)S(=O)(=O)NC(=O)Cc1c2c(cc3c1CC3)CC2. The smallest absolute Gasteiger partial charge is 0.302 e. The predicted octanol–water partition coefficient (Wildman–Crippen LogP) is 1.12. The maximum atomic E-state index is 13.3. The first-order valence-electron chi connectivity index (χ1n) is 11.0. The van der Waals surface area contributed by atoms with Gasteiger partial charge in [0.2, 0.25) is 5.91 Å². The third-order valence-corrected chi connectivity index (χ3v) is 8.46. The van der Waals surface area contributed by atoms with Crippen molar-refractivity contribution < 1.29 is 13.2 Å². The molecule has 5 rings (SSSR count). The van der Waals surface area contributed by atoms with Crippen molar-refractivity contribution in [2.24, 2.45) is 7.05 Å². The minimum Gasteiger partial charge on any atom is -0.302 e. The van der Waals surface area contributed by atoms with E-state index in [2.05, 4.69) is 20.8 Å². The zero-order chi connectivity index (χ0) is 21.8. The monoisotopic (exact) mass is 443 g/mol. The molecule has 1 aromatic heterocycles. The standard InChI is InChI=1S/C22H29N5O3S/c1-25-9-3-4-17(25)14-27(18-12-23-26(2)13-18)31(29,30)24-22(28)11-21-19-7-5-15(19)10-16-6-8-20(16)21/h10,12-13,17H,3-9,11,14H2,1-2H3,(H,24,28)/t17-/m0/s1. The molecule has 8 nitrogen and oxygen atoms in total. The van der Waals surface area contributed by atoms with Crippen molar-refractivity contribution in [1.82, 2.24) is 19.4 Å². The minimum absolute atomic E-state index is 0.112. The molecule has 1 N–H and O–H groups in total. The molecule has 0 saturated carbocycles. The summed E-state index contributed by atoms with van der Waals surface area (Å²) in [5, 5.41) is 4.13. The summed E-state index contributed by atoms with van der Waals surface area (Å²) in [6.45, 7) is 1.24. The highest BCUT2D eigenvalue weighted by Gasteiger charge is 2.33. The third kappa shape index (κ3) is 3.74. The van der Waals surface area contributed by atoms with Gasteiger partial charge in [0.05, 0.1) is 24.8 Å². The number of rotatable bonds is 7. The van der Waals surface area contributed by atoms with E-state index in [0.717, 1.165) is 50.6 Å². The van der Waals surface area contributed by atoms with Gasteiger partial charge >= 0.3 is 10.2 Å². The van der Waals surface area contributed by atoms with Crippen molar-refractivity contribution in [3.8, 4) is 0 Å². The molecule has 2 aliphatic carbocycles. The van der Waals surface area contributed by atoms with Crippen molar-refractivity contribution in [1.29, 1.82) is 0 Å². The quantitative estimate of drug-likeness (QED) is 0.693. The molecule has 1 aromatic carbocycles. The summed E-state index contributed by atoms with van der Waals surface area (Å²) >= 11 is 0. The van der Waals surface area contributed by atoms with Crippen molar-refractivity contribution in [3.63, 3.8) is 0 Å². The molecule has 31 heavy (non-hydrogen) atoms. The molecule has 1 fully saturated rings. The molecule has 2 aromatic rings. The number of carbonyl (C=O) groups excluding carboxylic acids is 1. The van der Waals surface area contributed by atoms with Crippen LogP contribution in [0.1, 0.15) is 40.7 Å². The summed E-state index contributed by atoms with van der Waals surface area (Å²) in [5.41, 5.74) is 6.68. The zero-order valence-corrected chi connectivity index (χ0v) is 18.9. The predicted molar refractivity (Wildman–Crippen MR) is 118 cm³/mol. The molecule has 1 atom stereocenters. The number of carbonyl (C=O) groups is 1. The zero-order valence-electron chi connectivity index (χ0n) is 18.1. The van der Waals surface area contributed by atoms with Crippen molar-refractivity contribution in [2.75, 3.05) is 24.4 Å². The van der Waals surface area contributed by atoms with Crippen LogP contribution in [0.4, 0.5) is 5.69 Å². The molecule has 0 radical (unpaired) electrons. The lowest BCUT2D eigenvalue weighted by Crippen LogP contribution is -2.49. The van der Waals surface area contributed by atoms with Crippen molar-refractivity contribution in [3.05, 3.63) is 46.3 Å². The van der Waals surface area contributed by atoms with Crippen LogP contribution in [-0.4, -0.2) is 55.2 Å². The van der Waals surface area contributed by atoms with Gasteiger partial charge in [0.25, 0.3) is 0 Å². The second kappa shape index (κ2) is 7.63. The molecule has 0 bridgehead atoms. The number of fused-ring (bicyclic) bond motifs is 2. The first kappa shape index (κ1) is 20.5. The Bertz CT molecular complexity index is 1110. The van der Waals surface area contributed by atoms with Crippen LogP contribution in [0.5, 0.6) is 0 Å². The summed E-state index contributed by atoms with van der Waals surface area (Å²) < 4.78 is 31.8. The Morgan fingerprint density at radius 3 is 2.42 bits per heavy atom. The number of likely N-dealkylation sites (N-methyl/N-ethyl adjacent to an activating group) is 1. The topological polar surface area (TPSA) is 87.5 Å². The molecule has 9 heteroatoms. The lowest BCUT2D eigenvalue weighted by atomic mass is 9.73. The number of hydrogen-bond donors (Lipinski definition) is 1. The second-order valence-electron chi connectivity index (χ2n) is 9.02. The van der Waals surface area contributed by atoms with Crippen LogP contribution in [0.2, 0.25) is 0 Å². The Labute approximate surface area is 183 Å². The lowest BCUT2D eigenvalue weighted by Gasteiger charge is -2.32. The highest BCUT2D eigenvalue weighted by Crippen LogP contribution is 2.37. The van der Waals surface area contributed by atoms with Crippen LogP contribution < -0.4 is 9.03 Å². The second-order valence-corrected chi connectivity index (χ2v) is 10.6. The average Bonchev–Trinajstić information content (AvgIpc) is 3.24. The van der Waals surface area contributed by atoms with E-state index in [9.17, 15) is 13.2 Å². The number of hydrogen-bond acceptors (Lipinski definition) is 5. The van der Waals surface area contributed by atoms with Gasteiger partial charge in [-0.15, -0.1) is 0 Å². The van der Waals surface area contributed by atoms with Crippen LogP contribution in [0.25, 0.3) is 0 Å². The summed E-state index contributed by atoms with van der Waals surface area (Å²) in [6.07, 6.45) is 9.36. The minimum atomic E-state index is -4.05. The largest absolute Gasteiger partial charge is 0.326 e. The Kier molecular flexibility index (Phi) is 5.05. The van der Waals surface area contributed by atoms with Gasteiger partial charge in [0.15, 0.2) is 0 Å². The molecule has 1 amide bonds. The molecule has 166 valence electrons. The molecule has 2 heterocycles. The maximum Gasteiger partial charge on any atom is 0.326 e. The van der Waals surface area contributed by atoms with Crippen molar-refractivity contribution >= 4 is 21.8 Å². The van der Waals surface area contributed by atoms with E-state index in [1.807, 2.05) is 7.05 Å². The molecule has 0 unspecified atom stereocenters. The van der Waals surface area contributed by atoms with E-state index < -0.39 is 16.1 Å². The van der Waals surface area contributed by atoms with Crippen LogP contribution in [0.3, 0.4) is 0 Å². The normalized spacial score (nSPS) is 19.9. The van der Waals surface area contributed by atoms with Gasteiger partial charge in [-0.3, -0.25) is 9.48 Å². The van der Waals surface area contributed by atoms with Gasteiger partial charge in [0, 0.05) is 19.3 Å². The number of amides is 1. The van der Waals surface area contributed by atoms with Gasteiger partial charge in [0.1, 0.15) is 0 Å². The van der Waals surface area contributed by atoms with E-state index in [-0.39, 0.29) is 12.5 Å². The van der Waals surface area contributed by atoms with E-state index in [1.165, 1.54) is 32.8 Å². The Balaban J connectivity index is 1.36. The number of likely N-dealkylation sites (tertiary alicyclic amines) is 1. The highest BCUT2D eigenvalue weighted by atomic mass is 32.2. The number of aryl methyl sites for hydroxylation is 3. The van der Waals surface area contributed by atoms with Crippen LogP contribution in [-0.2, 0) is 54.2 Å². The van der Waals surface area contributed by atoms with E-state index >= 15 is 0 Å². The Morgan fingerprint density at radius 2 is 1.90 bits per heavy atom.